The molecule has 3 rings (SSSR count). The summed E-state index contributed by atoms with van der Waals surface area (Å²) in [5, 5.41) is 12.3. The first-order valence-corrected chi connectivity index (χ1v) is 8.96. The molecule has 1 unspecified atom stereocenters. The highest BCUT2D eigenvalue weighted by Crippen LogP contribution is 2.23. The van der Waals surface area contributed by atoms with Crippen LogP contribution in [0, 0.1) is 11.3 Å². The van der Waals surface area contributed by atoms with E-state index in [1.165, 1.54) is 0 Å². The third-order valence-corrected chi connectivity index (χ3v) is 4.16. The summed E-state index contributed by atoms with van der Waals surface area (Å²) in [4.78, 5) is 12.5. The van der Waals surface area contributed by atoms with Crippen molar-refractivity contribution in [1.29, 1.82) is 5.26 Å². The minimum atomic E-state index is -0.409. The molecule has 0 fully saturated rings. The lowest BCUT2D eigenvalue weighted by molar-refractivity contribution is -0.117. The van der Waals surface area contributed by atoms with E-state index < -0.39 is 5.91 Å². The first kappa shape index (κ1) is 18.9. The normalized spacial score (nSPS) is 11.9. The Bertz CT molecular complexity index is 1010. The van der Waals surface area contributed by atoms with Crippen LogP contribution < -0.4 is 10.1 Å². The van der Waals surface area contributed by atoms with Crippen molar-refractivity contribution >= 4 is 12.0 Å². The Balaban J connectivity index is 1.74. The first-order chi connectivity index (χ1) is 13.7. The number of carbonyl (C=O) groups is 1. The average Bonchev–Trinajstić information content (AvgIpc) is 2.73. The van der Waals surface area contributed by atoms with Crippen molar-refractivity contribution in [2.75, 3.05) is 0 Å². The molecule has 0 saturated heterocycles. The van der Waals surface area contributed by atoms with Gasteiger partial charge < -0.3 is 10.1 Å². The summed E-state index contributed by atoms with van der Waals surface area (Å²) in [6.45, 7) is 1.89. The lowest BCUT2D eigenvalue weighted by Gasteiger charge is -2.13. The second kappa shape index (κ2) is 9.20. The third-order valence-electron chi connectivity index (χ3n) is 4.16. The van der Waals surface area contributed by atoms with Gasteiger partial charge in [-0.2, -0.15) is 5.26 Å². The minimum absolute atomic E-state index is 0.0413. The van der Waals surface area contributed by atoms with Crippen molar-refractivity contribution < 1.29 is 9.53 Å². The van der Waals surface area contributed by atoms with Gasteiger partial charge in [-0.05, 0) is 48.4 Å². The molecule has 0 saturated carbocycles. The van der Waals surface area contributed by atoms with Crippen molar-refractivity contribution in [2.45, 2.75) is 13.0 Å². The molecule has 3 aromatic rings. The molecular weight excluding hydrogens is 348 g/mol. The number of carbonyl (C=O) groups excluding carboxylic acids is 1. The molecule has 1 atom stereocenters. The highest BCUT2D eigenvalue weighted by Gasteiger charge is 2.13. The van der Waals surface area contributed by atoms with Gasteiger partial charge in [0.15, 0.2) is 0 Å². The molecule has 0 aliphatic rings. The van der Waals surface area contributed by atoms with E-state index in [2.05, 4.69) is 5.32 Å². The number of nitriles is 1. The SMILES string of the molecule is CC(NC(=O)/C(C#N)=C\c1cccc(Oc2ccccc2)c1)c1ccccc1. The molecule has 28 heavy (non-hydrogen) atoms. The van der Waals surface area contributed by atoms with E-state index in [9.17, 15) is 10.1 Å². The quantitative estimate of drug-likeness (QED) is 0.477. The molecule has 4 nitrogen and oxygen atoms in total. The maximum Gasteiger partial charge on any atom is 0.262 e. The number of para-hydroxylation sites is 1. The van der Waals surface area contributed by atoms with Crippen molar-refractivity contribution in [3.63, 3.8) is 0 Å². The van der Waals surface area contributed by atoms with Crippen LogP contribution in [0.1, 0.15) is 24.1 Å². The number of nitrogens with one attached hydrogen (secondary N) is 1. The fourth-order valence-corrected chi connectivity index (χ4v) is 2.71. The van der Waals surface area contributed by atoms with Gasteiger partial charge in [0.25, 0.3) is 5.91 Å². The van der Waals surface area contributed by atoms with Gasteiger partial charge in [-0.15, -0.1) is 0 Å². The average molecular weight is 368 g/mol. The topological polar surface area (TPSA) is 62.1 Å². The second-order valence-electron chi connectivity index (χ2n) is 6.26. The predicted octanol–water partition coefficient (Wildman–Crippen LogP) is 5.26. The van der Waals surface area contributed by atoms with Crippen LogP contribution in [0.15, 0.2) is 90.5 Å². The maximum atomic E-state index is 12.5. The van der Waals surface area contributed by atoms with Gasteiger partial charge in [0.2, 0.25) is 0 Å². The third kappa shape index (κ3) is 5.09. The highest BCUT2D eigenvalue weighted by atomic mass is 16.5. The van der Waals surface area contributed by atoms with Gasteiger partial charge in [0.1, 0.15) is 23.1 Å². The molecule has 1 N–H and O–H groups in total. The van der Waals surface area contributed by atoms with Crippen molar-refractivity contribution in [3.8, 4) is 17.6 Å². The van der Waals surface area contributed by atoms with E-state index in [1.807, 2.05) is 91.9 Å². The Morgan fingerprint density at radius 3 is 2.29 bits per heavy atom. The van der Waals surface area contributed by atoms with Crippen molar-refractivity contribution in [1.82, 2.24) is 5.32 Å². The zero-order chi connectivity index (χ0) is 19.8. The first-order valence-electron chi connectivity index (χ1n) is 8.96. The van der Waals surface area contributed by atoms with Crippen molar-refractivity contribution in [3.05, 3.63) is 102 Å². The zero-order valence-corrected chi connectivity index (χ0v) is 15.5. The second-order valence-corrected chi connectivity index (χ2v) is 6.26. The standard InChI is InChI=1S/C24H20N2O2/c1-18(20-10-4-2-5-11-20)26-24(27)21(17-25)15-19-9-8-14-23(16-19)28-22-12-6-3-7-13-22/h2-16,18H,1H3,(H,26,27)/b21-15-. The summed E-state index contributed by atoms with van der Waals surface area (Å²) >= 11 is 0. The van der Waals surface area contributed by atoms with Crippen LogP contribution in [-0.2, 0) is 4.79 Å². The van der Waals surface area contributed by atoms with E-state index in [0.29, 0.717) is 11.3 Å². The predicted molar refractivity (Wildman–Crippen MR) is 110 cm³/mol. The van der Waals surface area contributed by atoms with Gasteiger partial charge >= 0.3 is 0 Å². The summed E-state index contributed by atoms with van der Waals surface area (Å²) in [6, 6.07) is 28.1. The van der Waals surface area contributed by atoms with Gasteiger partial charge in [-0.1, -0.05) is 60.7 Å². The number of rotatable bonds is 6. The van der Waals surface area contributed by atoms with Crippen LogP contribution >= 0.6 is 0 Å². The van der Waals surface area contributed by atoms with E-state index in [0.717, 1.165) is 11.3 Å². The number of hydrogen-bond donors (Lipinski definition) is 1. The van der Waals surface area contributed by atoms with Gasteiger partial charge in [-0.25, -0.2) is 0 Å². The molecule has 0 spiro atoms. The van der Waals surface area contributed by atoms with E-state index >= 15 is 0 Å². The fraction of sp³-hybridized carbons (Fsp3) is 0.0833. The monoisotopic (exact) mass is 368 g/mol. The van der Waals surface area contributed by atoms with Crippen LogP contribution in [0.4, 0.5) is 0 Å². The summed E-state index contributed by atoms with van der Waals surface area (Å²) in [7, 11) is 0. The lowest BCUT2D eigenvalue weighted by Crippen LogP contribution is -2.27. The Kier molecular flexibility index (Phi) is 6.22. The molecule has 0 aliphatic heterocycles. The molecule has 1 amide bonds. The van der Waals surface area contributed by atoms with E-state index in [-0.39, 0.29) is 11.6 Å². The molecule has 0 aliphatic carbocycles. The van der Waals surface area contributed by atoms with E-state index in [1.54, 1.807) is 12.1 Å². The van der Waals surface area contributed by atoms with Crippen LogP contribution in [0.25, 0.3) is 6.08 Å². The number of ether oxygens (including phenoxy) is 1. The van der Waals surface area contributed by atoms with Crippen LogP contribution in [0.5, 0.6) is 11.5 Å². The van der Waals surface area contributed by atoms with Gasteiger partial charge in [-0.3, -0.25) is 4.79 Å². The highest BCUT2D eigenvalue weighted by molar-refractivity contribution is 6.01. The van der Waals surface area contributed by atoms with E-state index in [4.69, 9.17) is 4.74 Å². The molecule has 3 aromatic carbocycles. The Hall–Kier alpha value is -3.84. The van der Waals surface area contributed by atoms with Crippen LogP contribution in [-0.4, -0.2) is 5.91 Å². The summed E-state index contributed by atoms with van der Waals surface area (Å²) in [5.74, 6) is 0.946. The molecular formula is C24H20N2O2. The number of nitrogens with zero attached hydrogens (tertiary/aromatic N) is 1. The minimum Gasteiger partial charge on any atom is -0.457 e. The molecule has 0 bridgehead atoms. The largest absolute Gasteiger partial charge is 0.457 e. The van der Waals surface area contributed by atoms with Crippen LogP contribution in [0.2, 0.25) is 0 Å². The summed E-state index contributed by atoms with van der Waals surface area (Å²) in [5.41, 5.74) is 1.73. The number of amides is 1. The lowest BCUT2D eigenvalue weighted by atomic mass is 10.1. The van der Waals surface area contributed by atoms with Crippen molar-refractivity contribution in [2.24, 2.45) is 0 Å². The molecule has 138 valence electrons. The fourth-order valence-electron chi connectivity index (χ4n) is 2.71. The van der Waals surface area contributed by atoms with Crippen LogP contribution in [0.3, 0.4) is 0 Å². The number of benzene rings is 3. The smallest absolute Gasteiger partial charge is 0.262 e. The Morgan fingerprint density at radius 2 is 1.61 bits per heavy atom. The Morgan fingerprint density at radius 1 is 0.964 bits per heavy atom. The number of hydrogen-bond acceptors (Lipinski definition) is 3. The molecule has 0 aromatic heterocycles. The maximum absolute atomic E-state index is 12.5. The zero-order valence-electron chi connectivity index (χ0n) is 15.5. The summed E-state index contributed by atoms with van der Waals surface area (Å²) in [6.07, 6.45) is 1.56. The van der Waals surface area contributed by atoms with Gasteiger partial charge in [0.05, 0.1) is 6.04 Å². The van der Waals surface area contributed by atoms with Gasteiger partial charge in [0, 0.05) is 0 Å². The summed E-state index contributed by atoms with van der Waals surface area (Å²) < 4.78 is 5.80. The molecule has 0 radical (unpaired) electrons. The molecule has 4 heteroatoms. The Labute approximate surface area is 164 Å². The molecule has 0 heterocycles.